The third-order valence-corrected chi connectivity index (χ3v) is 2.81. The van der Waals surface area contributed by atoms with Crippen molar-refractivity contribution < 1.29 is 18.3 Å². The van der Waals surface area contributed by atoms with E-state index >= 15 is 0 Å². The maximum absolute atomic E-state index is 2.21. The molecule has 1 aromatic rings. The van der Waals surface area contributed by atoms with Crippen molar-refractivity contribution in [3.05, 3.63) is 22.4 Å². The van der Waals surface area contributed by atoms with Gasteiger partial charge in [0, 0.05) is 0 Å². The van der Waals surface area contributed by atoms with Gasteiger partial charge in [-0.25, -0.2) is 0 Å². The summed E-state index contributed by atoms with van der Waals surface area (Å²) in [6.07, 6.45) is 0. The summed E-state index contributed by atoms with van der Waals surface area (Å²) in [6.45, 7) is 0. The van der Waals surface area contributed by atoms with E-state index in [2.05, 4.69) is 16.8 Å². The molecule has 0 saturated carbocycles. The molecule has 0 aliphatic heterocycles. The van der Waals surface area contributed by atoms with Crippen LogP contribution in [0.4, 0.5) is 0 Å². The van der Waals surface area contributed by atoms with Crippen LogP contribution in [-0.4, -0.2) is 0 Å². The van der Waals surface area contributed by atoms with E-state index in [0.29, 0.717) is 0 Å². The van der Waals surface area contributed by atoms with Gasteiger partial charge < -0.3 is 0 Å². The standard InChI is InChI=1S/C5H5S.Zn/c1-5-2-3-6-4-5;/h2-4H,1H2;. The Kier molecular flexibility index (Phi) is 2.02. The Morgan fingerprint density at radius 3 is 2.86 bits per heavy atom. The van der Waals surface area contributed by atoms with E-state index in [1.165, 1.54) is 28.9 Å². The van der Waals surface area contributed by atoms with Gasteiger partial charge in [0.2, 0.25) is 0 Å². The van der Waals surface area contributed by atoms with Crippen LogP contribution in [0.1, 0.15) is 5.56 Å². The Labute approximate surface area is 57.2 Å². The Hall–Kier alpha value is 0.323. The van der Waals surface area contributed by atoms with Gasteiger partial charge in [-0.2, -0.15) is 0 Å². The van der Waals surface area contributed by atoms with Crippen molar-refractivity contribution in [2.24, 2.45) is 0 Å². The zero-order valence-corrected chi connectivity index (χ0v) is 7.84. The molecule has 0 amide bonds. The predicted octanol–water partition coefficient (Wildman–Crippen LogP) is 1.79. The molecule has 0 spiro atoms. The van der Waals surface area contributed by atoms with Crippen molar-refractivity contribution in [2.75, 3.05) is 0 Å². The minimum absolute atomic E-state index is 1.30. The van der Waals surface area contributed by atoms with Gasteiger partial charge >= 0.3 is 57.0 Å². The molecule has 0 unspecified atom stereocenters. The van der Waals surface area contributed by atoms with Crippen molar-refractivity contribution in [3.63, 3.8) is 0 Å². The molecule has 0 N–H and O–H groups in total. The second-order valence-electron chi connectivity index (χ2n) is 1.38. The fourth-order valence-electron chi connectivity index (χ4n) is 0.435. The quantitative estimate of drug-likeness (QED) is 0.553. The van der Waals surface area contributed by atoms with Crippen LogP contribution in [0.2, 0.25) is 0 Å². The van der Waals surface area contributed by atoms with Crippen LogP contribution in [0.5, 0.6) is 0 Å². The molecule has 0 aliphatic carbocycles. The third-order valence-electron chi connectivity index (χ3n) is 0.869. The molecule has 0 radical (unpaired) electrons. The van der Waals surface area contributed by atoms with Crippen molar-refractivity contribution in [1.29, 1.82) is 0 Å². The fraction of sp³-hybridized carbons (Fsp3) is 0.200. The first-order chi connectivity index (χ1) is 3.43. The second-order valence-corrected chi connectivity index (χ2v) is 3.21. The van der Waals surface area contributed by atoms with E-state index < -0.39 is 0 Å². The topological polar surface area (TPSA) is 0 Å². The first-order valence-electron chi connectivity index (χ1n) is 2.24. The Balaban J connectivity index is 2.76. The normalized spacial score (nSPS) is 9.43. The molecule has 1 rings (SSSR count). The third kappa shape index (κ3) is 1.36. The van der Waals surface area contributed by atoms with E-state index in [4.69, 9.17) is 0 Å². The zero-order chi connectivity index (χ0) is 5.11. The molecule has 0 aromatic carbocycles. The summed E-state index contributed by atoms with van der Waals surface area (Å²) in [5, 5.41) is 5.64. The SMILES string of the molecule is [Zn][CH2]c1ccsc1. The summed E-state index contributed by atoms with van der Waals surface area (Å²) in [4.78, 5) is 0. The molecule has 1 heterocycles. The van der Waals surface area contributed by atoms with Crippen LogP contribution in [-0.2, 0) is 23.3 Å². The van der Waals surface area contributed by atoms with Gasteiger partial charge in [0.15, 0.2) is 0 Å². The summed E-state index contributed by atoms with van der Waals surface area (Å²) in [6, 6.07) is 2.19. The molecule has 33 valence electrons. The summed E-state index contributed by atoms with van der Waals surface area (Å²) in [5.41, 5.74) is 1.50. The Bertz CT molecular complexity index is 123. The Morgan fingerprint density at radius 1 is 1.71 bits per heavy atom. The van der Waals surface area contributed by atoms with Crippen molar-refractivity contribution in [2.45, 2.75) is 5.02 Å². The molecular formula is C5H5SZn. The second kappa shape index (κ2) is 2.59. The van der Waals surface area contributed by atoms with Crippen LogP contribution in [0.3, 0.4) is 0 Å². The zero-order valence-electron chi connectivity index (χ0n) is 4.05. The fourth-order valence-corrected chi connectivity index (χ4v) is 2.23. The van der Waals surface area contributed by atoms with Gasteiger partial charge in [-0.05, 0) is 0 Å². The summed E-state index contributed by atoms with van der Waals surface area (Å²) in [5.74, 6) is 0. The number of hydrogen-bond acceptors (Lipinski definition) is 1. The molecule has 0 atom stereocenters. The minimum atomic E-state index is 1.30. The van der Waals surface area contributed by atoms with Crippen LogP contribution in [0, 0.1) is 0 Å². The average Bonchev–Trinajstić information content (AvgIpc) is 2.14. The number of hydrogen-bond donors (Lipinski definition) is 0. The van der Waals surface area contributed by atoms with E-state index in [9.17, 15) is 0 Å². The molecule has 1 aromatic heterocycles. The molecule has 2 heteroatoms. The monoisotopic (exact) mass is 161 g/mol. The average molecular weight is 163 g/mol. The van der Waals surface area contributed by atoms with Crippen LogP contribution < -0.4 is 0 Å². The molecule has 0 aliphatic rings. The molecule has 0 fully saturated rings. The van der Waals surface area contributed by atoms with Gasteiger partial charge in [-0.3, -0.25) is 0 Å². The van der Waals surface area contributed by atoms with Crippen molar-refractivity contribution >= 4 is 11.3 Å². The number of rotatable bonds is 1. The van der Waals surface area contributed by atoms with E-state index in [1.54, 1.807) is 11.3 Å². The van der Waals surface area contributed by atoms with Crippen LogP contribution in [0.15, 0.2) is 16.8 Å². The van der Waals surface area contributed by atoms with Gasteiger partial charge in [-0.1, -0.05) is 0 Å². The maximum atomic E-state index is 2.21. The summed E-state index contributed by atoms with van der Waals surface area (Å²) >= 11 is 3.17. The molecule has 7 heavy (non-hydrogen) atoms. The molecular weight excluding hydrogens is 158 g/mol. The van der Waals surface area contributed by atoms with E-state index in [1.807, 2.05) is 0 Å². The van der Waals surface area contributed by atoms with Crippen LogP contribution >= 0.6 is 11.3 Å². The number of thiophene rings is 1. The van der Waals surface area contributed by atoms with E-state index in [-0.39, 0.29) is 0 Å². The van der Waals surface area contributed by atoms with Crippen molar-refractivity contribution in [1.82, 2.24) is 0 Å². The summed E-state index contributed by atoms with van der Waals surface area (Å²) in [7, 11) is 0. The van der Waals surface area contributed by atoms with Gasteiger partial charge in [0.25, 0.3) is 0 Å². The van der Waals surface area contributed by atoms with Crippen LogP contribution in [0.25, 0.3) is 0 Å². The Morgan fingerprint density at radius 2 is 2.57 bits per heavy atom. The molecule has 0 nitrogen and oxygen atoms in total. The van der Waals surface area contributed by atoms with E-state index in [0.717, 1.165) is 0 Å². The van der Waals surface area contributed by atoms with Gasteiger partial charge in [0.05, 0.1) is 0 Å². The van der Waals surface area contributed by atoms with Crippen molar-refractivity contribution in [3.8, 4) is 0 Å². The molecule has 0 bridgehead atoms. The summed E-state index contributed by atoms with van der Waals surface area (Å²) < 4.78 is 0. The first-order valence-corrected chi connectivity index (χ1v) is 5.28. The predicted molar refractivity (Wildman–Crippen MR) is 28.0 cm³/mol. The van der Waals surface area contributed by atoms with Gasteiger partial charge in [0.1, 0.15) is 0 Å². The first kappa shape index (κ1) is 5.46. The molecule has 0 saturated heterocycles. The van der Waals surface area contributed by atoms with Gasteiger partial charge in [-0.15, -0.1) is 0 Å².